The molecule has 0 aliphatic carbocycles. The number of likely N-dealkylation sites (N-methyl/N-ethyl adjacent to an activating group) is 1. The molecule has 6 bridgehead atoms. The van der Waals surface area contributed by atoms with Crippen LogP contribution in [0.25, 0.3) is 0 Å². The van der Waals surface area contributed by atoms with Crippen LogP contribution in [0.5, 0.6) is 6.01 Å². The quantitative estimate of drug-likeness (QED) is 0.388. The first kappa shape index (κ1) is 29.5. The molecule has 0 saturated heterocycles. The van der Waals surface area contributed by atoms with Gasteiger partial charge in [0.05, 0.1) is 0 Å². The molecule has 0 radical (unpaired) electrons. The maximum atomic E-state index is 13.4. The van der Waals surface area contributed by atoms with Crippen molar-refractivity contribution in [2.75, 3.05) is 56.5 Å². The molecule has 0 atom stereocenters. The molecule has 7 rings (SSSR count). The molecule has 0 saturated carbocycles. The van der Waals surface area contributed by atoms with Crippen molar-refractivity contribution < 1.29 is 27.5 Å². The van der Waals surface area contributed by atoms with E-state index >= 15 is 0 Å². The summed E-state index contributed by atoms with van der Waals surface area (Å²) in [4.78, 5) is 42.2. The lowest BCUT2D eigenvalue weighted by Crippen LogP contribution is -2.42. The number of carbonyl (C=O) groups excluding carboxylic acids is 2. The van der Waals surface area contributed by atoms with Crippen LogP contribution >= 0.6 is 0 Å². The SMILES string of the molecule is CCN(CC)CCN1CCNC(=O)c2ccc(cc2)Nc2nc(nc(OCC(F)(F)F)n2)Nc2ccc(cc2)C1=O. The molecule has 0 unspecified atom stereocenters. The predicted octanol–water partition coefficient (Wildman–Crippen LogP) is 3.83. The number of benzene rings is 2. The van der Waals surface area contributed by atoms with E-state index in [0.29, 0.717) is 42.1 Å². The van der Waals surface area contributed by atoms with E-state index in [1.165, 1.54) is 0 Å². The van der Waals surface area contributed by atoms with Gasteiger partial charge in [-0.05, 0) is 61.6 Å². The number of alkyl halides is 3. The molecule has 3 N–H and O–H groups in total. The van der Waals surface area contributed by atoms with Gasteiger partial charge in [-0.3, -0.25) is 9.59 Å². The van der Waals surface area contributed by atoms with Crippen LogP contribution in [0.3, 0.4) is 0 Å². The Morgan fingerprint density at radius 2 is 1.44 bits per heavy atom. The van der Waals surface area contributed by atoms with Crippen LogP contribution < -0.4 is 20.7 Å². The summed E-state index contributed by atoms with van der Waals surface area (Å²) in [6.45, 7) is 5.96. The number of anilines is 4. The molecule has 3 aromatic rings. The monoisotopic (exact) mass is 572 g/mol. The highest BCUT2D eigenvalue weighted by atomic mass is 19.4. The molecular weight excluding hydrogens is 541 g/mol. The van der Waals surface area contributed by atoms with Crippen LogP contribution in [0, 0.1) is 0 Å². The molecule has 4 aliphatic rings. The van der Waals surface area contributed by atoms with E-state index in [2.05, 4.69) is 49.6 Å². The zero-order valence-electron chi connectivity index (χ0n) is 22.7. The summed E-state index contributed by atoms with van der Waals surface area (Å²) in [6, 6.07) is 12.4. The first-order valence-corrected chi connectivity index (χ1v) is 13.1. The van der Waals surface area contributed by atoms with Crippen LogP contribution in [0.4, 0.5) is 36.4 Å². The summed E-state index contributed by atoms with van der Waals surface area (Å²) in [5, 5.41) is 8.66. The molecule has 4 aliphatic heterocycles. The van der Waals surface area contributed by atoms with Crippen LogP contribution in [0.2, 0.25) is 0 Å². The zero-order valence-corrected chi connectivity index (χ0v) is 22.7. The van der Waals surface area contributed by atoms with Crippen molar-refractivity contribution in [1.29, 1.82) is 0 Å². The number of hydrogen-bond acceptors (Lipinski definition) is 9. The maximum Gasteiger partial charge on any atom is 0.422 e. The van der Waals surface area contributed by atoms with Gasteiger partial charge >= 0.3 is 12.2 Å². The Balaban J connectivity index is 1.66. The van der Waals surface area contributed by atoms with Crippen LogP contribution in [-0.2, 0) is 0 Å². The van der Waals surface area contributed by atoms with Crippen LogP contribution in [0.1, 0.15) is 34.6 Å². The lowest BCUT2D eigenvalue weighted by molar-refractivity contribution is -0.154. The highest BCUT2D eigenvalue weighted by Crippen LogP contribution is 2.22. The van der Waals surface area contributed by atoms with Gasteiger partial charge in [0.15, 0.2) is 6.61 Å². The largest absolute Gasteiger partial charge is 0.454 e. The Labute approximate surface area is 235 Å². The molecule has 14 heteroatoms. The van der Waals surface area contributed by atoms with Gasteiger partial charge in [-0.15, -0.1) is 0 Å². The number of amides is 2. The number of aromatic nitrogens is 3. The number of nitrogens with zero attached hydrogens (tertiary/aromatic N) is 5. The topological polar surface area (TPSA) is 125 Å². The van der Waals surface area contributed by atoms with Gasteiger partial charge < -0.3 is 30.5 Å². The minimum atomic E-state index is -4.59. The van der Waals surface area contributed by atoms with Gasteiger partial charge in [0, 0.05) is 48.7 Å². The van der Waals surface area contributed by atoms with E-state index in [9.17, 15) is 22.8 Å². The van der Waals surface area contributed by atoms with E-state index in [0.717, 1.165) is 13.1 Å². The third-order valence-electron chi connectivity index (χ3n) is 6.31. The van der Waals surface area contributed by atoms with Crippen molar-refractivity contribution in [2.24, 2.45) is 0 Å². The predicted molar refractivity (Wildman–Crippen MR) is 147 cm³/mol. The van der Waals surface area contributed by atoms with Crippen molar-refractivity contribution in [1.82, 2.24) is 30.1 Å². The van der Waals surface area contributed by atoms with Gasteiger partial charge in [0.25, 0.3) is 11.8 Å². The molecule has 0 fully saturated rings. The van der Waals surface area contributed by atoms with E-state index in [4.69, 9.17) is 4.74 Å². The number of nitrogens with one attached hydrogen (secondary N) is 3. The maximum absolute atomic E-state index is 13.4. The average molecular weight is 573 g/mol. The third kappa shape index (κ3) is 8.51. The molecule has 218 valence electrons. The third-order valence-corrected chi connectivity index (χ3v) is 6.31. The fourth-order valence-electron chi connectivity index (χ4n) is 4.04. The standard InChI is InChI=1S/C27H31F3N8O3/c1-3-37(4-2)15-16-38-14-13-31-22(39)18-5-9-20(10-6-18)32-24-34-25(36-26(35-24)41-17-27(28,29)30)33-21-11-7-19(8-12-21)23(38)40/h5-12H,3-4,13-17H2,1-2H3,(H,31,39)(H2,32,33,34,35,36). The summed E-state index contributed by atoms with van der Waals surface area (Å²) >= 11 is 0. The van der Waals surface area contributed by atoms with Gasteiger partial charge in [0.1, 0.15) is 0 Å². The molecule has 0 spiro atoms. The van der Waals surface area contributed by atoms with E-state index in [-0.39, 0.29) is 30.3 Å². The first-order valence-electron chi connectivity index (χ1n) is 13.1. The summed E-state index contributed by atoms with van der Waals surface area (Å²) in [5.41, 5.74) is 1.79. The molecule has 2 amide bonds. The normalized spacial score (nSPS) is 14.1. The smallest absolute Gasteiger partial charge is 0.422 e. The zero-order chi connectivity index (χ0) is 29.4. The molecule has 5 heterocycles. The van der Waals surface area contributed by atoms with E-state index in [1.54, 1.807) is 53.4 Å². The molecule has 41 heavy (non-hydrogen) atoms. The minimum Gasteiger partial charge on any atom is -0.454 e. The number of hydrogen-bond donors (Lipinski definition) is 3. The molecule has 2 aromatic carbocycles. The molecule has 11 nitrogen and oxygen atoms in total. The highest BCUT2D eigenvalue weighted by Gasteiger charge is 2.29. The number of halogens is 3. The highest BCUT2D eigenvalue weighted by molar-refractivity contribution is 5.95. The summed E-state index contributed by atoms with van der Waals surface area (Å²) in [5.74, 6) is -0.668. The van der Waals surface area contributed by atoms with Crippen LogP contribution in [-0.4, -0.2) is 88.6 Å². The van der Waals surface area contributed by atoms with Crippen molar-refractivity contribution in [3.05, 3.63) is 59.7 Å². The fraction of sp³-hybridized carbons (Fsp3) is 0.370. The minimum absolute atomic E-state index is 0.0754. The first-order chi connectivity index (χ1) is 19.6. The summed E-state index contributed by atoms with van der Waals surface area (Å²) in [7, 11) is 0. The van der Waals surface area contributed by atoms with Crippen molar-refractivity contribution in [3.8, 4) is 6.01 Å². The lowest BCUT2D eigenvalue weighted by Gasteiger charge is -2.27. The number of ether oxygens (including phenoxy) is 1. The number of rotatable bonds is 7. The second-order valence-corrected chi connectivity index (χ2v) is 9.15. The van der Waals surface area contributed by atoms with Crippen molar-refractivity contribution in [3.63, 3.8) is 0 Å². The average Bonchev–Trinajstić information content (AvgIpc) is 2.95. The molecular formula is C27H31F3N8O3. The van der Waals surface area contributed by atoms with Crippen molar-refractivity contribution in [2.45, 2.75) is 20.0 Å². The van der Waals surface area contributed by atoms with E-state index < -0.39 is 18.8 Å². The van der Waals surface area contributed by atoms with Gasteiger partial charge in [-0.25, -0.2) is 0 Å². The Kier molecular flexibility index (Phi) is 9.55. The Bertz CT molecular complexity index is 1330. The lowest BCUT2D eigenvalue weighted by atomic mass is 10.1. The van der Waals surface area contributed by atoms with Gasteiger partial charge in [-0.2, -0.15) is 28.1 Å². The second kappa shape index (κ2) is 13.3. The molecule has 1 aromatic heterocycles. The second-order valence-electron chi connectivity index (χ2n) is 9.15. The fourth-order valence-corrected chi connectivity index (χ4v) is 4.04. The Morgan fingerprint density at radius 3 is 1.98 bits per heavy atom. The Morgan fingerprint density at radius 1 is 0.878 bits per heavy atom. The Hall–Kier alpha value is -4.46. The van der Waals surface area contributed by atoms with E-state index in [1.807, 2.05) is 0 Å². The summed E-state index contributed by atoms with van der Waals surface area (Å²) < 4.78 is 43.0. The number of carbonyl (C=O) groups is 2. The van der Waals surface area contributed by atoms with Gasteiger partial charge in [0.2, 0.25) is 11.9 Å². The van der Waals surface area contributed by atoms with Crippen molar-refractivity contribution >= 4 is 35.1 Å². The van der Waals surface area contributed by atoms with Crippen LogP contribution in [0.15, 0.2) is 48.5 Å². The van der Waals surface area contributed by atoms with Gasteiger partial charge in [-0.1, -0.05) is 13.8 Å². The summed E-state index contributed by atoms with van der Waals surface area (Å²) in [6.07, 6.45) is -4.59.